The summed E-state index contributed by atoms with van der Waals surface area (Å²) < 4.78 is 9.82. The quantitative estimate of drug-likeness (QED) is 0.827. The Bertz CT molecular complexity index is 494. The topological polar surface area (TPSA) is 64.6 Å². The summed E-state index contributed by atoms with van der Waals surface area (Å²) in [4.78, 5) is 23.2. The van der Waals surface area contributed by atoms with Crippen molar-refractivity contribution in [3.05, 3.63) is 23.8 Å². The number of methoxy groups -OCH3 is 2. The molecule has 5 nitrogen and oxygen atoms in total. The maximum atomic E-state index is 11.7. The van der Waals surface area contributed by atoms with Crippen molar-refractivity contribution in [1.82, 2.24) is 0 Å². The van der Waals surface area contributed by atoms with Gasteiger partial charge in [0.25, 0.3) is 0 Å². The van der Waals surface area contributed by atoms with Crippen molar-refractivity contribution in [2.24, 2.45) is 5.92 Å². The molecule has 102 valence electrons. The molecule has 0 bridgehead atoms. The van der Waals surface area contributed by atoms with Gasteiger partial charge in [-0.1, -0.05) is 0 Å². The van der Waals surface area contributed by atoms with Crippen LogP contribution in [0.2, 0.25) is 0 Å². The lowest BCUT2D eigenvalue weighted by molar-refractivity contribution is -0.116. The Kier molecular flexibility index (Phi) is 4.04. The number of ether oxygens (including phenoxy) is 2. The number of carbonyl (C=O) groups excluding carboxylic acids is 2. The SMILES string of the molecule is COC(=O)c1ccc(NC(=O)CC2CC2)c(OC)c1. The summed E-state index contributed by atoms with van der Waals surface area (Å²) in [6.07, 6.45) is 2.81. The van der Waals surface area contributed by atoms with Crippen LogP contribution in [0.15, 0.2) is 18.2 Å². The molecule has 1 aromatic carbocycles. The summed E-state index contributed by atoms with van der Waals surface area (Å²) in [6.45, 7) is 0. The number of anilines is 1. The van der Waals surface area contributed by atoms with E-state index in [1.165, 1.54) is 14.2 Å². The zero-order valence-electron chi connectivity index (χ0n) is 11.1. The molecule has 19 heavy (non-hydrogen) atoms. The first kappa shape index (κ1) is 13.4. The Morgan fingerprint density at radius 1 is 1.32 bits per heavy atom. The molecular weight excluding hydrogens is 246 g/mol. The number of carbonyl (C=O) groups is 2. The molecule has 0 aliphatic heterocycles. The highest BCUT2D eigenvalue weighted by Gasteiger charge is 2.24. The standard InChI is InChI=1S/C14H17NO4/c1-18-12-8-10(14(17)19-2)5-6-11(12)15-13(16)7-9-3-4-9/h5-6,8-9H,3-4,7H2,1-2H3,(H,15,16). The van der Waals surface area contributed by atoms with Gasteiger partial charge in [-0.05, 0) is 37.0 Å². The Morgan fingerprint density at radius 3 is 2.63 bits per heavy atom. The van der Waals surface area contributed by atoms with Gasteiger partial charge in [0.1, 0.15) is 5.75 Å². The molecule has 1 N–H and O–H groups in total. The first-order valence-corrected chi connectivity index (χ1v) is 6.20. The van der Waals surface area contributed by atoms with Crippen LogP contribution in [0.3, 0.4) is 0 Å². The second-order valence-corrected chi connectivity index (χ2v) is 4.60. The van der Waals surface area contributed by atoms with Crippen molar-refractivity contribution in [2.75, 3.05) is 19.5 Å². The average molecular weight is 263 g/mol. The van der Waals surface area contributed by atoms with Crippen molar-refractivity contribution in [3.8, 4) is 5.75 Å². The van der Waals surface area contributed by atoms with Crippen LogP contribution in [-0.2, 0) is 9.53 Å². The zero-order valence-corrected chi connectivity index (χ0v) is 11.1. The third-order valence-electron chi connectivity index (χ3n) is 3.07. The van der Waals surface area contributed by atoms with E-state index in [9.17, 15) is 9.59 Å². The molecule has 1 aliphatic carbocycles. The molecule has 2 rings (SSSR count). The smallest absolute Gasteiger partial charge is 0.337 e. The van der Waals surface area contributed by atoms with E-state index in [4.69, 9.17) is 4.74 Å². The van der Waals surface area contributed by atoms with Crippen molar-refractivity contribution < 1.29 is 19.1 Å². The molecule has 0 heterocycles. The van der Waals surface area contributed by atoms with E-state index in [1.54, 1.807) is 18.2 Å². The van der Waals surface area contributed by atoms with Crippen LogP contribution in [0.5, 0.6) is 5.75 Å². The molecule has 1 fully saturated rings. The van der Waals surface area contributed by atoms with Crippen molar-refractivity contribution in [3.63, 3.8) is 0 Å². The van der Waals surface area contributed by atoms with Gasteiger partial charge in [0.15, 0.2) is 0 Å². The van der Waals surface area contributed by atoms with E-state index in [2.05, 4.69) is 10.1 Å². The zero-order chi connectivity index (χ0) is 13.8. The van der Waals surface area contributed by atoms with Crippen LogP contribution >= 0.6 is 0 Å². The molecule has 1 saturated carbocycles. The molecule has 0 aromatic heterocycles. The van der Waals surface area contributed by atoms with Gasteiger partial charge in [0.2, 0.25) is 5.91 Å². The summed E-state index contributed by atoms with van der Waals surface area (Å²) in [5, 5.41) is 2.80. The number of hydrogen-bond donors (Lipinski definition) is 1. The van der Waals surface area contributed by atoms with Gasteiger partial charge < -0.3 is 14.8 Å². The molecule has 1 amide bonds. The number of esters is 1. The molecular formula is C14H17NO4. The number of nitrogens with one attached hydrogen (secondary N) is 1. The fourth-order valence-electron chi connectivity index (χ4n) is 1.82. The monoisotopic (exact) mass is 263 g/mol. The van der Waals surface area contributed by atoms with Gasteiger partial charge in [-0.3, -0.25) is 4.79 Å². The third kappa shape index (κ3) is 3.47. The fourth-order valence-corrected chi connectivity index (χ4v) is 1.82. The second kappa shape index (κ2) is 5.73. The molecule has 5 heteroatoms. The predicted molar refractivity (Wildman–Crippen MR) is 70.3 cm³/mol. The van der Waals surface area contributed by atoms with E-state index >= 15 is 0 Å². The van der Waals surface area contributed by atoms with Gasteiger partial charge in [-0.15, -0.1) is 0 Å². The highest BCUT2D eigenvalue weighted by Crippen LogP contribution is 2.33. The maximum Gasteiger partial charge on any atom is 0.337 e. The first-order chi connectivity index (χ1) is 9.13. The number of rotatable bonds is 5. The molecule has 0 saturated heterocycles. The highest BCUT2D eigenvalue weighted by molar-refractivity contribution is 5.95. The van der Waals surface area contributed by atoms with Gasteiger partial charge in [0.05, 0.1) is 25.5 Å². The van der Waals surface area contributed by atoms with Gasteiger partial charge >= 0.3 is 5.97 Å². The maximum absolute atomic E-state index is 11.7. The molecule has 1 aliphatic rings. The minimum atomic E-state index is -0.436. The van der Waals surface area contributed by atoms with E-state index in [-0.39, 0.29) is 5.91 Å². The number of benzene rings is 1. The lowest BCUT2D eigenvalue weighted by Gasteiger charge is -2.11. The van der Waals surface area contributed by atoms with E-state index in [0.29, 0.717) is 29.3 Å². The lowest BCUT2D eigenvalue weighted by Crippen LogP contribution is -2.13. The minimum Gasteiger partial charge on any atom is -0.495 e. The van der Waals surface area contributed by atoms with E-state index in [0.717, 1.165) is 12.8 Å². The predicted octanol–water partition coefficient (Wildman–Crippen LogP) is 2.22. The van der Waals surface area contributed by atoms with E-state index < -0.39 is 5.97 Å². The lowest BCUT2D eigenvalue weighted by atomic mass is 10.2. The Balaban J connectivity index is 2.10. The molecule has 0 atom stereocenters. The Labute approximate surface area is 111 Å². The molecule has 0 spiro atoms. The molecule has 0 radical (unpaired) electrons. The second-order valence-electron chi connectivity index (χ2n) is 4.60. The van der Waals surface area contributed by atoms with Crippen LogP contribution in [0, 0.1) is 5.92 Å². The minimum absolute atomic E-state index is 0.0216. The first-order valence-electron chi connectivity index (χ1n) is 6.20. The van der Waals surface area contributed by atoms with Crippen LogP contribution in [-0.4, -0.2) is 26.1 Å². The summed E-state index contributed by atoms with van der Waals surface area (Å²) in [5.41, 5.74) is 0.959. The van der Waals surface area contributed by atoms with Crippen LogP contribution in [0.25, 0.3) is 0 Å². The highest BCUT2D eigenvalue weighted by atomic mass is 16.5. The fraction of sp³-hybridized carbons (Fsp3) is 0.429. The summed E-state index contributed by atoms with van der Waals surface area (Å²) in [7, 11) is 2.81. The largest absolute Gasteiger partial charge is 0.495 e. The van der Waals surface area contributed by atoms with Crippen LogP contribution < -0.4 is 10.1 Å². The van der Waals surface area contributed by atoms with Crippen LogP contribution in [0.4, 0.5) is 5.69 Å². The van der Waals surface area contributed by atoms with E-state index in [1.807, 2.05) is 0 Å². The summed E-state index contributed by atoms with van der Waals surface area (Å²) in [6, 6.07) is 4.80. The van der Waals surface area contributed by atoms with Crippen molar-refractivity contribution in [2.45, 2.75) is 19.3 Å². The van der Waals surface area contributed by atoms with Crippen molar-refractivity contribution >= 4 is 17.6 Å². The van der Waals surface area contributed by atoms with Crippen molar-refractivity contribution in [1.29, 1.82) is 0 Å². The summed E-state index contributed by atoms with van der Waals surface area (Å²) in [5.74, 6) is 0.521. The molecule has 1 aromatic rings. The Hall–Kier alpha value is -2.04. The summed E-state index contributed by atoms with van der Waals surface area (Å²) >= 11 is 0. The van der Waals surface area contributed by atoms with Gasteiger partial charge in [-0.2, -0.15) is 0 Å². The molecule has 0 unspecified atom stereocenters. The van der Waals surface area contributed by atoms with Crippen LogP contribution in [0.1, 0.15) is 29.6 Å². The average Bonchev–Trinajstić information content (AvgIpc) is 3.22. The number of hydrogen-bond acceptors (Lipinski definition) is 4. The van der Waals surface area contributed by atoms with Gasteiger partial charge in [-0.25, -0.2) is 4.79 Å². The Morgan fingerprint density at radius 2 is 2.05 bits per heavy atom. The third-order valence-corrected chi connectivity index (χ3v) is 3.07. The normalized spacial score (nSPS) is 13.8. The number of amides is 1. The van der Waals surface area contributed by atoms with Gasteiger partial charge in [0, 0.05) is 6.42 Å².